The molecule has 114 valence electrons. The molecule has 1 aliphatic rings. The zero-order chi connectivity index (χ0) is 15.4. The molecule has 1 atom stereocenters. The molecule has 1 aromatic rings. The molecule has 5 nitrogen and oxygen atoms in total. The topological polar surface area (TPSA) is 66.8 Å². The van der Waals surface area contributed by atoms with Crippen LogP contribution in [0.15, 0.2) is 24.3 Å². The normalized spacial score (nSPS) is 18.6. The molecule has 21 heavy (non-hydrogen) atoms. The first kappa shape index (κ1) is 15.2. The van der Waals surface area contributed by atoms with Gasteiger partial charge in [0.2, 0.25) is 0 Å². The third-order valence-corrected chi connectivity index (χ3v) is 3.35. The second-order valence-electron chi connectivity index (χ2n) is 4.75. The van der Waals surface area contributed by atoms with Crippen LogP contribution in [0.25, 0.3) is 0 Å². The van der Waals surface area contributed by atoms with Gasteiger partial charge in [0.15, 0.2) is 0 Å². The first-order valence-corrected chi connectivity index (χ1v) is 6.57. The summed E-state index contributed by atoms with van der Waals surface area (Å²) in [5, 5.41) is 9.16. The average molecular weight is 299 g/mol. The summed E-state index contributed by atoms with van der Waals surface area (Å²) < 4.78 is 28.6. The predicted molar refractivity (Wildman–Crippen MR) is 69.4 cm³/mol. The maximum atomic E-state index is 12.4. The number of halogens is 2. The van der Waals surface area contributed by atoms with Crippen molar-refractivity contribution in [3.05, 3.63) is 29.8 Å². The number of ether oxygens (including phenoxy) is 1. The number of carboxylic acid groups (broad SMARTS) is 1. The molecule has 1 fully saturated rings. The smallest absolute Gasteiger partial charge is 0.387 e. The quantitative estimate of drug-likeness (QED) is 0.927. The number of hydrogen-bond donors (Lipinski definition) is 1. The molecule has 1 heterocycles. The average Bonchev–Trinajstić information content (AvgIpc) is 2.46. The van der Waals surface area contributed by atoms with Crippen LogP contribution in [0.1, 0.15) is 29.6 Å². The Bertz CT molecular complexity index is 535. The van der Waals surface area contributed by atoms with E-state index in [2.05, 4.69) is 4.74 Å². The molecule has 0 radical (unpaired) electrons. The fraction of sp³-hybridized carbons (Fsp3) is 0.429. The van der Waals surface area contributed by atoms with Crippen LogP contribution in [0.5, 0.6) is 5.75 Å². The highest BCUT2D eigenvalue weighted by Crippen LogP contribution is 2.22. The predicted octanol–water partition coefficient (Wildman–Crippen LogP) is 2.37. The summed E-state index contributed by atoms with van der Waals surface area (Å²) in [5.41, 5.74) is 0.140. The summed E-state index contributed by atoms with van der Waals surface area (Å²) in [6.07, 6.45) is 1.87. The van der Waals surface area contributed by atoms with Crippen LogP contribution >= 0.6 is 0 Å². The number of piperidine rings is 1. The number of carbonyl (C=O) groups is 2. The lowest BCUT2D eigenvalue weighted by molar-refractivity contribution is -0.143. The minimum absolute atomic E-state index is 0.125. The van der Waals surface area contributed by atoms with Crippen molar-refractivity contribution in [2.75, 3.05) is 6.54 Å². The lowest BCUT2D eigenvalue weighted by Crippen LogP contribution is -2.47. The van der Waals surface area contributed by atoms with Crippen molar-refractivity contribution in [1.29, 1.82) is 0 Å². The fourth-order valence-corrected chi connectivity index (χ4v) is 2.40. The van der Waals surface area contributed by atoms with Gasteiger partial charge in [-0.3, -0.25) is 4.79 Å². The maximum Gasteiger partial charge on any atom is 0.387 e. The van der Waals surface area contributed by atoms with Gasteiger partial charge in [-0.15, -0.1) is 0 Å². The third-order valence-electron chi connectivity index (χ3n) is 3.35. The van der Waals surface area contributed by atoms with Crippen molar-refractivity contribution in [3.8, 4) is 5.75 Å². The standard InChI is InChI=1S/C14H15F2NO4/c15-14(16)21-10-5-3-4-9(8-10)12(18)17-7-2-1-6-11(17)13(19)20/h3-5,8,11,14H,1-2,6-7H2,(H,19,20)/t11-/m1/s1. The highest BCUT2D eigenvalue weighted by atomic mass is 19.3. The van der Waals surface area contributed by atoms with Crippen LogP contribution in [-0.4, -0.2) is 41.1 Å². The number of carbonyl (C=O) groups excluding carboxylic acids is 1. The molecule has 2 rings (SSSR count). The molecular weight excluding hydrogens is 284 g/mol. The second-order valence-corrected chi connectivity index (χ2v) is 4.75. The van der Waals surface area contributed by atoms with E-state index in [9.17, 15) is 18.4 Å². The molecule has 1 N–H and O–H groups in total. The Balaban J connectivity index is 2.20. The molecule has 1 aliphatic heterocycles. The lowest BCUT2D eigenvalue weighted by Gasteiger charge is -2.33. The summed E-state index contributed by atoms with van der Waals surface area (Å²) in [6, 6.07) is 4.51. The number of rotatable bonds is 4. The van der Waals surface area contributed by atoms with Crippen LogP contribution in [0, 0.1) is 0 Å². The molecule has 0 aromatic heterocycles. The van der Waals surface area contributed by atoms with Gasteiger partial charge in [0.25, 0.3) is 5.91 Å². The van der Waals surface area contributed by atoms with E-state index in [1.165, 1.54) is 29.2 Å². The van der Waals surface area contributed by atoms with Crippen LogP contribution < -0.4 is 4.74 Å². The lowest BCUT2D eigenvalue weighted by atomic mass is 10.0. The second kappa shape index (κ2) is 6.51. The van der Waals surface area contributed by atoms with Gasteiger partial charge in [-0.1, -0.05) is 6.07 Å². The van der Waals surface area contributed by atoms with Crippen molar-refractivity contribution >= 4 is 11.9 Å². The molecule has 0 unspecified atom stereocenters. The molecular formula is C14H15F2NO4. The van der Waals surface area contributed by atoms with E-state index < -0.39 is 24.5 Å². The number of hydrogen-bond acceptors (Lipinski definition) is 3. The third kappa shape index (κ3) is 3.68. The van der Waals surface area contributed by atoms with E-state index in [1.807, 2.05) is 0 Å². The number of amides is 1. The number of alkyl halides is 2. The molecule has 0 saturated carbocycles. The number of likely N-dealkylation sites (tertiary alicyclic amines) is 1. The minimum atomic E-state index is -2.97. The minimum Gasteiger partial charge on any atom is -0.480 e. The number of carboxylic acids is 1. The van der Waals surface area contributed by atoms with Gasteiger partial charge in [-0.2, -0.15) is 8.78 Å². The molecule has 7 heteroatoms. The Morgan fingerprint density at radius 2 is 2.10 bits per heavy atom. The van der Waals surface area contributed by atoms with Crippen molar-refractivity contribution < 1.29 is 28.2 Å². The SMILES string of the molecule is O=C(O)[C@H]1CCCCN1C(=O)c1cccc(OC(F)F)c1. The van der Waals surface area contributed by atoms with Gasteiger partial charge in [-0.25, -0.2) is 4.79 Å². The monoisotopic (exact) mass is 299 g/mol. The first-order valence-electron chi connectivity index (χ1n) is 6.57. The number of aliphatic carboxylic acids is 1. The highest BCUT2D eigenvalue weighted by Gasteiger charge is 2.32. The Labute approximate surface area is 120 Å². The van der Waals surface area contributed by atoms with Crippen LogP contribution in [-0.2, 0) is 4.79 Å². The summed E-state index contributed by atoms with van der Waals surface area (Å²) in [4.78, 5) is 24.8. The Kier molecular flexibility index (Phi) is 4.72. The molecule has 0 aliphatic carbocycles. The number of benzene rings is 1. The van der Waals surface area contributed by atoms with Crippen LogP contribution in [0.3, 0.4) is 0 Å². The van der Waals surface area contributed by atoms with Crippen LogP contribution in [0.4, 0.5) is 8.78 Å². The van der Waals surface area contributed by atoms with Crippen molar-refractivity contribution in [3.63, 3.8) is 0 Å². The molecule has 0 spiro atoms. The summed E-state index contributed by atoms with van der Waals surface area (Å²) in [7, 11) is 0. The van der Waals surface area contributed by atoms with Gasteiger partial charge >= 0.3 is 12.6 Å². The molecule has 0 bridgehead atoms. The Morgan fingerprint density at radius 1 is 1.33 bits per heavy atom. The number of nitrogens with zero attached hydrogens (tertiary/aromatic N) is 1. The van der Waals surface area contributed by atoms with Gasteiger partial charge in [-0.05, 0) is 37.5 Å². The molecule has 1 amide bonds. The van der Waals surface area contributed by atoms with E-state index >= 15 is 0 Å². The van der Waals surface area contributed by atoms with E-state index in [4.69, 9.17) is 5.11 Å². The van der Waals surface area contributed by atoms with Crippen molar-refractivity contribution in [1.82, 2.24) is 4.90 Å². The molecule has 1 aromatic carbocycles. The largest absolute Gasteiger partial charge is 0.480 e. The fourth-order valence-electron chi connectivity index (χ4n) is 2.40. The summed E-state index contributed by atoms with van der Waals surface area (Å²) >= 11 is 0. The van der Waals surface area contributed by atoms with Gasteiger partial charge in [0.1, 0.15) is 11.8 Å². The Hall–Kier alpha value is -2.18. The maximum absolute atomic E-state index is 12.4. The van der Waals surface area contributed by atoms with E-state index in [1.54, 1.807) is 0 Å². The zero-order valence-corrected chi connectivity index (χ0v) is 11.2. The first-order chi connectivity index (χ1) is 9.99. The highest BCUT2D eigenvalue weighted by molar-refractivity contribution is 5.97. The summed E-state index contributed by atoms with van der Waals surface area (Å²) in [6.45, 7) is -2.63. The van der Waals surface area contributed by atoms with Crippen molar-refractivity contribution in [2.45, 2.75) is 31.9 Å². The summed E-state index contributed by atoms with van der Waals surface area (Å²) in [5.74, 6) is -1.66. The van der Waals surface area contributed by atoms with Gasteiger partial charge in [0.05, 0.1) is 0 Å². The van der Waals surface area contributed by atoms with E-state index in [-0.39, 0.29) is 11.3 Å². The van der Waals surface area contributed by atoms with E-state index in [0.717, 1.165) is 12.8 Å². The van der Waals surface area contributed by atoms with Crippen molar-refractivity contribution in [2.24, 2.45) is 0 Å². The zero-order valence-electron chi connectivity index (χ0n) is 11.2. The van der Waals surface area contributed by atoms with Gasteiger partial charge < -0.3 is 14.7 Å². The van der Waals surface area contributed by atoms with E-state index in [0.29, 0.717) is 13.0 Å². The van der Waals surface area contributed by atoms with Gasteiger partial charge in [0, 0.05) is 12.1 Å². The molecule has 1 saturated heterocycles. The van der Waals surface area contributed by atoms with Crippen LogP contribution in [0.2, 0.25) is 0 Å². The Morgan fingerprint density at radius 3 is 2.76 bits per heavy atom.